The monoisotopic (exact) mass is 521 g/mol. The fourth-order valence-electron chi connectivity index (χ4n) is 4.48. The van der Waals surface area contributed by atoms with Crippen LogP contribution in [-0.4, -0.2) is 89.4 Å². The van der Waals surface area contributed by atoms with Crippen molar-refractivity contribution >= 4 is 23.3 Å². The Labute approximate surface area is 220 Å². The number of aromatic nitrogens is 3. The van der Waals surface area contributed by atoms with Crippen LogP contribution >= 0.6 is 0 Å². The molecule has 2 aliphatic rings. The first-order chi connectivity index (χ1) is 18.3. The molecule has 0 radical (unpaired) electrons. The van der Waals surface area contributed by atoms with E-state index in [2.05, 4.69) is 37.2 Å². The van der Waals surface area contributed by atoms with E-state index in [-0.39, 0.29) is 17.5 Å². The molecule has 0 bridgehead atoms. The summed E-state index contributed by atoms with van der Waals surface area (Å²) < 4.78 is 28.6. The van der Waals surface area contributed by atoms with Crippen LogP contribution in [0, 0.1) is 18.2 Å². The highest BCUT2D eigenvalue weighted by molar-refractivity contribution is 5.97. The number of aliphatic imine (C=N–C) groups is 1. The number of halogens is 1. The van der Waals surface area contributed by atoms with Gasteiger partial charge in [-0.05, 0) is 39.1 Å². The number of carbonyl (C=O) groups is 1. The summed E-state index contributed by atoms with van der Waals surface area (Å²) in [5.41, 5.74) is 0.937. The van der Waals surface area contributed by atoms with Crippen LogP contribution in [0.3, 0.4) is 0 Å². The maximum atomic E-state index is 15.0. The zero-order chi connectivity index (χ0) is 26.7. The molecule has 1 saturated heterocycles. The largest absolute Gasteiger partial charge is 0.490 e. The van der Waals surface area contributed by atoms with Crippen LogP contribution < -0.4 is 14.8 Å². The van der Waals surface area contributed by atoms with Crippen LogP contribution in [-0.2, 0) is 4.79 Å². The molecule has 10 nitrogen and oxygen atoms in total. The maximum Gasteiger partial charge on any atom is 0.247 e. The summed E-state index contributed by atoms with van der Waals surface area (Å²) >= 11 is 0. The van der Waals surface area contributed by atoms with Crippen molar-refractivity contribution in [3.63, 3.8) is 0 Å². The molecule has 4 heterocycles. The van der Waals surface area contributed by atoms with Gasteiger partial charge in [-0.1, -0.05) is 6.08 Å². The topological polar surface area (TPSA) is 96.6 Å². The second-order valence-electron chi connectivity index (χ2n) is 9.94. The number of benzene rings is 1. The third-order valence-corrected chi connectivity index (χ3v) is 7.00. The number of likely N-dealkylation sites (N-methyl/N-ethyl adjacent to an activating group) is 1. The molecule has 0 aliphatic carbocycles. The Balaban J connectivity index is 1.26. The van der Waals surface area contributed by atoms with E-state index in [0.29, 0.717) is 30.1 Å². The molecular formula is C27H32FN7O3. The van der Waals surface area contributed by atoms with Crippen LogP contribution in [0.25, 0.3) is 5.52 Å². The van der Waals surface area contributed by atoms with E-state index in [0.717, 1.165) is 38.3 Å². The summed E-state index contributed by atoms with van der Waals surface area (Å²) in [5, 5.41) is 7.02. The molecule has 11 heteroatoms. The second-order valence-corrected chi connectivity index (χ2v) is 9.94. The SMILES string of the molecule is Cc1c(OCCN2CCN(C)CC2)cn2ncnc(Oc3ccc(NC(=O)C4(C)C=CC=NC4)cc3F)c12. The standard InChI is InChI=1S/C27H32FN7O3/c1-19-23(37-14-13-34-11-9-33(3)10-12-34)16-35-24(19)25(30-18-31-35)38-22-6-5-20(15-21(22)28)32-26(36)27(2)7-4-8-29-17-27/h4-8,15-16,18H,9-14,17H2,1-3H3,(H,32,36). The number of piperazine rings is 1. The number of nitrogens with zero attached hydrogens (tertiary/aromatic N) is 6. The second kappa shape index (κ2) is 10.9. The van der Waals surface area contributed by atoms with E-state index >= 15 is 4.39 Å². The molecule has 1 amide bonds. The number of allylic oxidation sites excluding steroid dienone is 1. The lowest BCUT2D eigenvalue weighted by molar-refractivity contribution is -0.122. The molecule has 200 valence electrons. The van der Waals surface area contributed by atoms with E-state index in [9.17, 15) is 4.79 Å². The van der Waals surface area contributed by atoms with Crippen LogP contribution in [0.1, 0.15) is 12.5 Å². The predicted octanol–water partition coefficient (Wildman–Crippen LogP) is 3.18. The van der Waals surface area contributed by atoms with Crippen molar-refractivity contribution in [1.82, 2.24) is 24.4 Å². The minimum absolute atomic E-state index is 0.0184. The number of amides is 1. The van der Waals surface area contributed by atoms with Gasteiger partial charge in [0.2, 0.25) is 11.8 Å². The van der Waals surface area contributed by atoms with Crippen molar-refractivity contribution in [1.29, 1.82) is 0 Å². The third kappa shape index (κ3) is 5.53. The lowest BCUT2D eigenvalue weighted by Crippen LogP contribution is -2.45. The molecule has 1 atom stereocenters. The van der Waals surface area contributed by atoms with Gasteiger partial charge >= 0.3 is 0 Å². The number of ether oxygens (including phenoxy) is 2. The molecule has 1 fully saturated rings. The number of carbonyl (C=O) groups excluding carboxylic acids is 1. The summed E-state index contributed by atoms with van der Waals surface area (Å²) in [6.07, 6.45) is 8.30. The highest BCUT2D eigenvalue weighted by Gasteiger charge is 2.31. The van der Waals surface area contributed by atoms with E-state index in [1.165, 1.54) is 18.5 Å². The number of aryl methyl sites for hydroxylation is 1. The summed E-state index contributed by atoms with van der Waals surface area (Å²) in [6, 6.07) is 4.28. The zero-order valence-corrected chi connectivity index (χ0v) is 21.9. The number of rotatable bonds is 8. The number of hydrogen-bond acceptors (Lipinski definition) is 8. The summed E-state index contributed by atoms with van der Waals surface area (Å²) in [6.45, 7) is 9.57. The average molecular weight is 522 g/mol. The van der Waals surface area contributed by atoms with Gasteiger partial charge in [-0.3, -0.25) is 14.7 Å². The number of nitrogens with one attached hydrogen (secondary N) is 1. The highest BCUT2D eigenvalue weighted by atomic mass is 19.1. The van der Waals surface area contributed by atoms with Gasteiger partial charge in [0, 0.05) is 56.3 Å². The van der Waals surface area contributed by atoms with Crippen LogP contribution in [0.2, 0.25) is 0 Å². The van der Waals surface area contributed by atoms with Gasteiger partial charge in [-0.2, -0.15) is 10.1 Å². The Morgan fingerprint density at radius 1 is 1.21 bits per heavy atom. The Morgan fingerprint density at radius 2 is 2.03 bits per heavy atom. The van der Waals surface area contributed by atoms with E-state index in [4.69, 9.17) is 9.47 Å². The molecule has 2 aromatic heterocycles. The van der Waals surface area contributed by atoms with E-state index < -0.39 is 11.2 Å². The van der Waals surface area contributed by atoms with Gasteiger partial charge in [0.1, 0.15) is 24.2 Å². The average Bonchev–Trinajstić information content (AvgIpc) is 3.23. The molecule has 5 rings (SSSR count). The third-order valence-electron chi connectivity index (χ3n) is 7.00. The van der Waals surface area contributed by atoms with Gasteiger partial charge in [0.15, 0.2) is 11.6 Å². The number of dihydropyridines is 1. The lowest BCUT2D eigenvalue weighted by atomic mass is 9.88. The first kappa shape index (κ1) is 25.8. The molecule has 2 aliphatic heterocycles. The minimum Gasteiger partial charge on any atom is -0.490 e. The molecule has 0 saturated carbocycles. The quantitative estimate of drug-likeness (QED) is 0.486. The Hall–Kier alpha value is -3.83. The van der Waals surface area contributed by atoms with Crippen molar-refractivity contribution in [2.75, 3.05) is 58.2 Å². The van der Waals surface area contributed by atoms with Crippen LogP contribution in [0.5, 0.6) is 17.4 Å². The van der Waals surface area contributed by atoms with Crippen molar-refractivity contribution in [2.24, 2.45) is 10.4 Å². The zero-order valence-electron chi connectivity index (χ0n) is 21.9. The molecule has 38 heavy (non-hydrogen) atoms. The fourth-order valence-corrected chi connectivity index (χ4v) is 4.48. The minimum atomic E-state index is -0.788. The van der Waals surface area contributed by atoms with Crippen molar-refractivity contribution in [3.05, 3.63) is 54.3 Å². The first-order valence-electron chi connectivity index (χ1n) is 12.7. The lowest BCUT2D eigenvalue weighted by Gasteiger charge is -2.32. The van der Waals surface area contributed by atoms with E-state index in [1.807, 2.05) is 6.92 Å². The molecule has 1 aromatic carbocycles. The summed E-state index contributed by atoms with van der Waals surface area (Å²) in [5.74, 6) is -0.0255. The number of hydrogen-bond donors (Lipinski definition) is 1. The number of anilines is 1. The van der Waals surface area contributed by atoms with E-state index in [1.54, 1.807) is 42.1 Å². The predicted molar refractivity (Wildman–Crippen MR) is 143 cm³/mol. The van der Waals surface area contributed by atoms with Crippen molar-refractivity contribution < 1.29 is 18.7 Å². The Bertz CT molecular complexity index is 1380. The van der Waals surface area contributed by atoms with Crippen molar-refractivity contribution in [2.45, 2.75) is 13.8 Å². The highest BCUT2D eigenvalue weighted by Crippen LogP contribution is 2.33. The van der Waals surface area contributed by atoms with Crippen molar-refractivity contribution in [3.8, 4) is 17.4 Å². The molecular weight excluding hydrogens is 489 g/mol. The number of fused-ring (bicyclic) bond motifs is 1. The molecule has 1 unspecified atom stereocenters. The van der Waals surface area contributed by atoms with Gasteiger partial charge < -0.3 is 19.7 Å². The Kier molecular flexibility index (Phi) is 7.39. The van der Waals surface area contributed by atoms with Gasteiger partial charge in [0.25, 0.3) is 0 Å². The summed E-state index contributed by atoms with van der Waals surface area (Å²) in [4.78, 5) is 25.8. The fraction of sp³-hybridized carbons (Fsp3) is 0.407. The Morgan fingerprint density at radius 3 is 2.76 bits per heavy atom. The van der Waals surface area contributed by atoms with Crippen LogP contribution in [0.15, 0.2) is 47.9 Å². The normalized spacial score (nSPS) is 20.1. The van der Waals surface area contributed by atoms with Crippen LogP contribution in [0.4, 0.5) is 10.1 Å². The first-order valence-corrected chi connectivity index (χ1v) is 12.7. The van der Waals surface area contributed by atoms with Gasteiger partial charge in [0.05, 0.1) is 18.2 Å². The van der Waals surface area contributed by atoms with Gasteiger partial charge in [-0.15, -0.1) is 0 Å². The summed E-state index contributed by atoms with van der Waals surface area (Å²) in [7, 11) is 2.13. The smallest absolute Gasteiger partial charge is 0.247 e. The molecule has 1 N–H and O–H groups in total. The maximum absolute atomic E-state index is 15.0. The molecule has 0 spiro atoms. The molecule has 3 aromatic rings. The van der Waals surface area contributed by atoms with Gasteiger partial charge in [-0.25, -0.2) is 8.91 Å².